The molecule has 0 radical (unpaired) electrons. The number of carbonyl (C=O) groups is 1. The van der Waals surface area contributed by atoms with Gasteiger partial charge in [-0.05, 0) is 49.7 Å². The third-order valence-corrected chi connectivity index (χ3v) is 3.75. The number of hydrogen-bond donors (Lipinski definition) is 2. The van der Waals surface area contributed by atoms with E-state index in [1.54, 1.807) is 18.2 Å². The molecule has 2 aromatic carbocycles. The molecule has 112 valence electrons. The van der Waals surface area contributed by atoms with Gasteiger partial charge >= 0.3 is 0 Å². The number of hydrogen-bond acceptors (Lipinski definition) is 1. The molecule has 0 bridgehead atoms. The second kappa shape index (κ2) is 5.26. The van der Waals surface area contributed by atoms with E-state index in [1.165, 1.54) is 0 Å². The van der Waals surface area contributed by atoms with Crippen LogP contribution in [-0.4, -0.2) is 10.9 Å². The molecule has 0 aliphatic heterocycles. The summed E-state index contributed by atoms with van der Waals surface area (Å²) in [5, 5.41) is 3.33. The van der Waals surface area contributed by atoms with Gasteiger partial charge in [0.1, 0.15) is 11.6 Å². The van der Waals surface area contributed by atoms with E-state index in [2.05, 4.69) is 10.3 Å². The number of anilines is 1. The van der Waals surface area contributed by atoms with E-state index in [9.17, 15) is 13.6 Å². The van der Waals surface area contributed by atoms with Gasteiger partial charge in [-0.3, -0.25) is 4.79 Å². The van der Waals surface area contributed by atoms with Crippen LogP contribution in [0.15, 0.2) is 36.4 Å². The average molecular weight is 300 g/mol. The summed E-state index contributed by atoms with van der Waals surface area (Å²) < 4.78 is 26.7. The minimum Gasteiger partial charge on any atom is -0.358 e. The van der Waals surface area contributed by atoms with Crippen LogP contribution in [0.2, 0.25) is 0 Å². The number of benzene rings is 2. The number of aryl methyl sites for hydroxylation is 2. The zero-order chi connectivity index (χ0) is 15.9. The second-order valence-electron chi connectivity index (χ2n) is 5.21. The zero-order valence-corrected chi connectivity index (χ0v) is 12.1. The number of aromatic amines is 1. The summed E-state index contributed by atoms with van der Waals surface area (Å²) in [5.74, 6) is -1.77. The van der Waals surface area contributed by atoms with Gasteiger partial charge in [-0.1, -0.05) is 0 Å². The fraction of sp³-hybridized carbons (Fsp3) is 0.118. The van der Waals surface area contributed by atoms with Crippen LogP contribution in [0.5, 0.6) is 0 Å². The number of halogens is 2. The first-order chi connectivity index (χ1) is 10.5. The first kappa shape index (κ1) is 14.3. The van der Waals surface area contributed by atoms with Gasteiger partial charge in [0.25, 0.3) is 5.91 Å². The Morgan fingerprint density at radius 3 is 2.64 bits per heavy atom. The van der Waals surface area contributed by atoms with Crippen molar-refractivity contribution in [3.05, 3.63) is 64.9 Å². The maximum absolute atomic E-state index is 13.6. The molecule has 3 aromatic rings. The molecule has 0 atom stereocenters. The number of H-pyrrole nitrogens is 1. The third-order valence-electron chi connectivity index (χ3n) is 3.75. The number of amides is 1. The maximum atomic E-state index is 13.6. The van der Waals surface area contributed by atoms with Crippen molar-refractivity contribution >= 4 is 22.5 Å². The lowest BCUT2D eigenvalue weighted by Gasteiger charge is -2.07. The number of rotatable bonds is 2. The molecule has 1 heterocycles. The first-order valence-electron chi connectivity index (χ1n) is 6.81. The summed E-state index contributed by atoms with van der Waals surface area (Å²) in [6, 6.07) is 8.12. The van der Waals surface area contributed by atoms with Crippen molar-refractivity contribution in [2.45, 2.75) is 13.8 Å². The van der Waals surface area contributed by atoms with Crippen molar-refractivity contribution in [2.24, 2.45) is 0 Å². The molecule has 0 unspecified atom stereocenters. The molecule has 5 heteroatoms. The molecule has 3 nitrogen and oxygen atoms in total. The maximum Gasteiger partial charge on any atom is 0.255 e. The van der Waals surface area contributed by atoms with Crippen molar-refractivity contribution in [1.29, 1.82) is 0 Å². The van der Waals surface area contributed by atoms with E-state index in [0.29, 0.717) is 5.56 Å². The van der Waals surface area contributed by atoms with Gasteiger partial charge < -0.3 is 10.3 Å². The Bertz CT molecular complexity index is 884. The largest absolute Gasteiger partial charge is 0.358 e. The Balaban J connectivity index is 1.95. The van der Waals surface area contributed by atoms with Crippen LogP contribution in [0.1, 0.15) is 21.6 Å². The Morgan fingerprint density at radius 1 is 1.09 bits per heavy atom. The van der Waals surface area contributed by atoms with Gasteiger partial charge in [0.15, 0.2) is 0 Å². The predicted molar refractivity (Wildman–Crippen MR) is 82.1 cm³/mol. The lowest BCUT2D eigenvalue weighted by atomic mass is 10.1. The number of carbonyl (C=O) groups excluding carboxylic acids is 1. The van der Waals surface area contributed by atoms with E-state index in [4.69, 9.17) is 0 Å². The summed E-state index contributed by atoms with van der Waals surface area (Å²) in [7, 11) is 0. The molecule has 0 saturated carbocycles. The van der Waals surface area contributed by atoms with Gasteiger partial charge in [-0.15, -0.1) is 0 Å². The Kier molecular flexibility index (Phi) is 3.41. The third kappa shape index (κ3) is 2.45. The smallest absolute Gasteiger partial charge is 0.255 e. The van der Waals surface area contributed by atoms with Gasteiger partial charge in [0.2, 0.25) is 0 Å². The molecular weight excluding hydrogens is 286 g/mol. The van der Waals surface area contributed by atoms with Crippen LogP contribution in [0.4, 0.5) is 14.5 Å². The van der Waals surface area contributed by atoms with E-state index in [0.717, 1.165) is 40.4 Å². The molecule has 3 rings (SSSR count). The van der Waals surface area contributed by atoms with Crippen LogP contribution in [0.25, 0.3) is 10.9 Å². The Morgan fingerprint density at radius 2 is 1.86 bits per heavy atom. The summed E-state index contributed by atoms with van der Waals surface area (Å²) in [4.78, 5) is 15.4. The molecule has 0 aliphatic carbocycles. The van der Waals surface area contributed by atoms with E-state index >= 15 is 0 Å². The zero-order valence-electron chi connectivity index (χ0n) is 12.1. The highest BCUT2D eigenvalue weighted by Crippen LogP contribution is 2.23. The van der Waals surface area contributed by atoms with Crippen molar-refractivity contribution in [2.75, 3.05) is 5.32 Å². The second-order valence-corrected chi connectivity index (χ2v) is 5.21. The molecule has 0 saturated heterocycles. The quantitative estimate of drug-likeness (QED) is 0.727. The van der Waals surface area contributed by atoms with Gasteiger partial charge in [-0.25, -0.2) is 8.78 Å². The standard InChI is InChI=1S/C17H14F2N2O/c1-9-10(2)20-15-6-3-11(7-13(9)15)17(22)21-16-8-12(18)4-5-14(16)19/h3-8,20H,1-2H3,(H,21,22). The van der Waals surface area contributed by atoms with Crippen LogP contribution >= 0.6 is 0 Å². The molecular formula is C17H14F2N2O. The number of nitrogens with one attached hydrogen (secondary N) is 2. The summed E-state index contributed by atoms with van der Waals surface area (Å²) in [6.07, 6.45) is 0. The van der Waals surface area contributed by atoms with Crippen LogP contribution in [0, 0.1) is 25.5 Å². The van der Waals surface area contributed by atoms with E-state index < -0.39 is 17.5 Å². The molecule has 22 heavy (non-hydrogen) atoms. The number of fused-ring (bicyclic) bond motifs is 1. The van der Waals surface area contributed by atoms with Gasteiger partial charge in [0.05, 0.1) is 5.69 Å². The topological polar surface area (TPSA) is 44.9 Å². The molecule has 0 fully saturated rings. The lowest BCUT2D eigenvalue weighted by Crippen LogP contribution is -2.13. The molecule has 2 N–H and O–H groups in total. The normalized spacial score (nSPS) is 10.9. The minimum atomic E-state index is -0.676. The van der Waals surface area contributed by atoms with Gasteiger partial charge in [0, 0.05) is 28.2 Å². The van der Waals surface area contributed by atoms with Crippen molar-refractivity contribution < 1.29 is 13.6 Å². The van der Waals surface area contributed by atoms with Crippen LogP contribution in [-0.2, 0) is 0 Å². The monoisotopic (exact) mass is 300 g/mol. The van der Waals surface area contributed by atoms with Crippen molar-refractivity contribution in [1.82, 2.24) is 4.98 Å². The fourth-order valence-electron chi connectivity index (χ4n) is 2.39. The fourth-order valence-corrected chi connectivity index (χ4v) is 2.39. The molecule has 1 aromatic heterocycles. The van der Waals surface area contributed by atoms with Gasteiger partial charge in [-0.2, -0.15) is 0 Å². The number of aromatic nitrogens is 1. The van der Waals surface area contributed by atoms with Crippen molar-refractivity contribution in [3.8, 4) is 0 Å². The molecule has 0 spiro atoms. The van der Waals surface area contributed by atoms with E-state index in [-0.39, 0.29) is 5.69 Å². The Labute approximate surface area is 126 Å². The van der Waals surface area contributed by atoms with Crippen molar-refractivity contribution in [3.63, 3.8) is 0 Å². The molecule has 1 amide bonds. The first-order valence-corrected chi connectivity index (χ1v) is 6.81. The molecule has 0 aliphatic rings. The van der Waals surface area contributed by atoms with Crippen LogP contribution < -0.4 is 5.32 Å². The highest BCUT2D eigenvalue weighted by atomic mass is 19.1. The summed E-state index contributed by atoms with van der Waals surface area (Å²) >= 11 is 0. The predicted octanol–water partition coefficient (Wildman–Crippen LogP) is 4.32. The highest BCUT2D eigenvalue weighted by molar-refractivity contribution is 6.06. The SMILES string of the molecule is Cc1[nH]c2ccc(C(=O)Nc3cc(F)ccc3F)cc2c1C. The average Bonchev–Trinajstić information content (AvgIpc) is 2.77. The van der Waals surface area contributed by atoms with Crippen LogP contribution in [0.3, 0.4) is 0 Å². The van der Waals surface area contributed by atoms with E-state index in [1.807, 2.05) is 13.8 Å². The highest BCUT2D eigenvalue weighted by Gasteiger charge is 2.12. The summed E-state index contributed by atoms with van der Waals surface area (Å²) in [6.45, 7) is 3.92. The Hall–Kier alpha value is -2.69. The lowest BCUT2D eigenvalue weighted by molar-refractivity contribution is 0.102. The minimum absolute atomic E-state index is 0.174. The summed E-state index contributed by atoms with van der Waals surface area (Å²) in [5.41, 5.74) is 3.24.